The van der Waals surface area contributed by atoms with Gasteiger partial charge in [0.05, 0.1) is 48.5 Å². The highest BCUT2D eigenvalue weighted by Crippen LogP contribution is 2.51. The van der Waals surface area contributed by atoms with E-state index in [1.54, 1.807) is 30.3 Å². The lowest BCUT2D eigenvalue weighted by atomic mass is 9.82. The molecule has 32 heavy (non-hydrogen) atoms. The number of methoxy groups -OCH3 is 3. The number of hydrogen-bond acceptors (Lipinski definition) is 7. The molecule has 164 valence electrons. The molecule has 1 aliphatic rings. The number of halogens is 2. The zero-order chi connectivity index (χ0) is 23.0. The quantitative estimate of drug-likeness (QED) is 0.555. The number of H-pyrrole nitrogens is 1. The summed E-state index contributed by atoms with van der Waals surface area (Å²) in [5.41, 5.74) is 8.81. The van der Waals surface area contributed by atoms with Gasteiger partial charge in [-0.05, 0) is 18.2 Å². The summed E-state index contributed by atoms with van der Waals surface area (Å²) in [6.45, 7) is 0. The molecular formula is C22H18Cl2N4O4. The van der Waals surface area contributed by atoms with E-state index in [4.69, 9.17) is 47.9 Å². The van der Waals surface area contributed by atoms with Crippen LogP contribution in [0.4, 0.5) is 0 Å². The van der Waals surface area contributed by atoms with E-state index in [2.05, 4.69) is 16.3 Å². The molecule has 10 heteroatoms. The first-order valence-corrected chi connectivity index (χ1v) is 10.1. The number of ether oxygens (including phenoxy) is 4. The summed E-state index contributed by atoms with van der Waals surface area (Å²) in [5.74, 6) is 0.787. The van der Waals surface area contributed by atoms with Gasteiger partial charge in [0.2, 0.25) is 17.5 Å². The highest BCUT2D eigenvalue weighted by Gasteiger charge is 2.38. The van der Waals surface area contributed by atoms with Crippen molar-refractivity contribution in [3.05, 3.63) is 63.0 Å². The number of benzene rings is 2. The van der Waals surface area contributed by atoms with E-state index >= 15 is 0 Å². The highest BCUT2D eigenvalue weighted by molar-refractivity contribution is 6.42. The van der Waals surface area contributed by atoms with E-state index in [-0.39, 0.29) is 17.3 Å². The molecule has 1 aromatic heterocycles. The Labute approximate surface area is 194 Å². The van der Waals surface area contributed by atoms with Crippen LogP contribution in [0.2, 0.25) is 10.0 Å². The molecule has 2 aromatic carbocycles. The second-order valence-corrected chi connectivity index (χ2v) is 7.61. The fourth-order valence-electron chi connectivity index (χ4n) is 3.78. The van der Waals surface area contributed by atoms with Crippen molar-refractivity contribution in [1.82, 2.24) is 10.2 Å². The minimum Gasteiger partial charge on any atom is -0.493 e. The zero-order valence-corrected chi connectivity index (χ0v) is 18.8. The molecule has 8 nitrogen and oxygen atoms in total. The molecular weight excluding hydrogens is 455 g/mol. The Morgan fingerprint density at radius 2 is 1.81 bits per heavy atom. The molecule has 0 unspecified atom stereocenters. The van der Waals surface area contributed by atoms with Crippen molar-refractivity contribution >= 4 is 23.2 Å². The summed E-state index contributed by atoms with van der Waals surface area (Å²) >= 11 is 12.3. The van der Waals surface area contributed by atoms with Gasteiger partial charge in [-0.3, -0.25) is 5.10 Å². The van der Waals surface area contributed by atoms with Gasteiger partial charge < -0.3 is 24.7 Å². The predicted octanol–water partition coefficient (Wildman–Crippen LogP) is 4.63. The number of aromatic nitrogens is 2. The molecule has 0 saturated carbocycles. The van der Waals surface area contributed by atoms with Gasteiger partial charge in [-0.15, -0.1) is 5.10 Å². The molecule has 0 fully saturated rings. The van der Waals surface area contributed by atoms with E-state index in [0.717, 1.165) is 0 Å². The van der Waals surface area contributed by atoms with Crippen molar-refractivity contribution in [2.75, 3.05) is 21.3 Å². The van der Waals surface area contributed by atoms with Gasteiger partial charge >= 0.3 is 0 Å². The van der Waals surface area contributed by atoms with Gasteiger partial charge in [-0.2, -0.15) is 5.26 Å². The summed E-state index contributed by atoms with van der Waals surface area (Å²) in [5, 5.41) is 18.0. The first kappa shape index (κ1) is 21.7. The Morgan fingerprint density at radius 3 is 2.44 bits per heavy atom. The van der Waals surface area contributed by atoms with E-state index in [0.29, 0.717) is 49.7 Å². The van der Waals surface area contributed by atoms with Gasteiger partial charge in [0.15, 0.2) is 11.5 Å². The summed E-state index contributed by atoms with van der Waals surface area (Å²) in [7, 11) is 4.55. The number of nitrogens with one attached hydrogen (secondary N) is 1. The van der Waals surface area contributed by atoms with Crippen molar-refractivity contribution in [1.29, 1.82) is 5.26 Å². The molecule has 2 heterocycles. The molecule has 1 aliphatic heterocycles. The molecule has 3 aromatic rings. The third-order valence-electron chi connectivity index (χ3n) is 5.19. The lowest BCUT2D eigenvalue weighted by molar-refractivity contribution is 0.321. The normalized spacial score (nSPS) is 14.9. The molecule has 0 amide bonds. The van der Waals surface area contributed by atoms with Crippen LogP contribution < -0.4 is 24.7 Å². The number of rotatable bonds is 5. The third kappa shape index (κ3) is 3.36. The summed E-state index contributed by atoms with van der Waals surface area (Å²) in [6, 6.07) is 10.9. The molecule has 0 bridgehead atoms. The third-order valence-corrected chi connectivity index (χ3v) is 5.93. The molecule has 0 saturated heterocycles. The van der Waals surface area contributed by atoms with Gasteiger partial charge in [0.1, 0.15) is 11.6 Å². The van der Waals surface area contributed by atoms with E-state index in [1.807, 2.05) is 0 Å². The molecule has 0 spiro atoms. The maximum Gasteiger partial charge on any atom is 0.244 e. The van der Waals surface area contributed by atoms with Crippen LogP contribution in [0.1, 0.15) is 17.0 Å². The number of nitriles is 1. The van der Waals surface area contributed by atoms with Gasteiger partial charge in [0, 0.05) is 11.1 Å². The van der Waals surface area contributed by atoms with E-state index in [1.165, 1.54) is 21.3 Å². The van der Waals surface area contributed by atoms with Crippen LogP contribution in [-0.4, -0.2) is 31.5 Å². The van der Waals surface area contributed by atoms with Crippen LogP contribution in [0.5, 0.6) is 23.1 Å². The smallest absolute Gasteiger partial charge is 0.244 e. The fourth-order valence-corrected chi connectivity index (χ4v) is 4.08. The lowest BCUT2D eigenvalue weighted by Crippen LogP contribution is -2.21. The minimum absolute atomic E-state index is 0.0472. The predicted molar refractivity (Wildman–Crippen MR) is 119 cm³/mol. The first-order valence-electron chi connectivity index (χ1n) is 9.35. The maximum atomic E-state index is 9.96. The summed E-state index contributed by atoms with van der Waals surface area (Å²) < 4.78 is 22.3. The van der Waals surface area contributed by atoms with Gasteiger partial charge in [-0.1, -0.05) is 35.3 Å². The monoisotopic (exact) mass is 472 g/mol. The standard InChI is InChI=1S/C22H18Cl2N4O4/c1-29-15-7-5-11(19(30-2)20(15)31-3)16-12(9-25)21(26)32-22-17(16)18(27-28-22)10-4-6-13(23)14(24)8-10/h4-8,16H,26H2,1-3H3,(H,27,28)/t16-/m1/s1. The first-order chi connectivity index (χ1) is 15.4. The summed E-state index contributed by atoms with van der Waals surface area (Å²) in [4.78, 5) is 0. The molecule has 1 atom stereocenters. The van der Waals surface area contributed by atoms with Crippen molar-refractivity contribution < 1.29 is 18.9 Å². The van der Waals surface area contributed by atoms with Crippen molar-refractivity contribution in [3.63, 3.8) is 0 Å². The Hall–Kier alpha value is -3.54. The zero-order valence-electron chi connectivity index (χ0n) is 17.3. The average molecular weight is 473 g/mol. The van der Waals surface area contributed by atoms with Crippen LogP contribution in [0.15, 0.2) is 41.8 Å². The lowest BCUT2D eigenvalue weighted by Gasteiger charge is -2.26. The highest BCUT2D eigenvalue weighted by atomic mass is 35.5. The van der Waals surface area contributed by atoms with Crippen LogP contribution in [0, 0.1) is 11.3 Å². The van der Waals surface area contributed by atoms with E-state index < -0.39 is 5.92 Å². The number of allylic oxidation sites excluding steroid dienone is 1. The van der Waals surface area contributed by atoms with Crippen LogP contribution in [-0.2, 0) is 0 Å². The summed E-state index contributed by atoms with van der Waals surface area (Å²) in [6.07, 6.45) is 0. The van der Waals surface area contributed by atoms with Gasteiger partial charge in [-0.25, -0.2) is 0 Å². The average Bonchev–Trinajstić information content (AvgIpc) is 3.22. The number of aromatic amines is 1. The van der Waals surface area contributed by atoms with Crippen molar-refractivity contribution in [3.8, 4) is 40.5 Å². The molecule has 0 radical (unpaired) electrons. The van der Waals surface area contributed by atoms with Crippen LogP contribution in [0.3, 0.4) is 0 Å². The van der Waals surface area contributed by atoms with Crippen molar-refractivity contribution in [2.45, 2.75) is 5.92 Å². The number of nitrogens with two attached hydrogens (primary N) is 1. The Kier molecular flexibility index (Phi) is 5.78. The Balaban J connectivity index is 2.01. The molecule has 4 rings (SSSR count). The molecule has 3 N–H and O–H groups in total. The maximum absolute atomic E-state index is 9.96. The second-order valence-electron chi connectivity index (χ2n) is 6.79. The molecule has 0 aliphatic carbocycles. The topological polar surface area (TPSA) is 115 Å². The van der Waals surface area contributed by atoms with Gasteiger partial charge in [0.25, 0.3) is 0 Å². The Bertz CT molecular complexity index is 1280. The number of hydrogen-bond donors (Lipinski definition) is 2. The van der Waals surface area contributed by atoms with E-state index in [9.17, 15) is 5.26 Å². The number of nitrogens with zero attached hydrogens (tertiary/aromatic N) is 2. The largest absolute Gasteiger partial charge is 0.493 e. The fraction of sp³-hybridized carbons (Fsp3) is 0.182. The Morgan fingerprint density at radius 1 is 1.06 bits per heavy atom. The number of fused-ring (bicyclic) bond motifs is 1. The minimum atomic E-state index is -0.665. The van der Waals surface area contributed by atoms with Crippen molar-refractivity contribution in [2.24, 2.45) is 5.73 Å². The SMILES string of the molecule is COc1ccc([C@@H]2C(C#N)=C(N)Oc3n[nH]c(-c4ccc(Cl)c(Cl)c4)c32)c(OC)c1OC. The van der Waals surface area contributed by atoms with Crippen LogP contribution >= 0.6 is 23.2 Å². The second kappa shape index (κ2) is 8.54. The van der Waals surface area contributed by atoms with Crippen LogP contribution in [0.25, 0.3) is 11.3 Å².